The maximum absolute atomic E-state index is 11.3. The van der Waals surface area contributed by atoms with E-state index in [1.54, 1.807) is 0 Å². The van der Waals surface area contributed by atoms with Crippen LogP contribution in [0.2, 0.25) is 0 Å². The van der Waals surface area contributed by atoms with Crippen LogP contribution in [0.5, 0.6) is 0 Å². The molecule has 1 fully saturated rings. The first-order valence-corrected chi connectivity index (χ1v) is 9.89. The third-order valence-electron chi connectivity index (χ3n) is 3.91. The first-order chi connectivity index (χ1) is 9.64. The SMILES string of the molecule is C=CCCCCCCCCCOC1CCS(=O)(=O)CC1. The molecule has 0 saturated carbocycles. The highest BCUT2D eigenvalue weighted by molar-refractivity contribution is 7.91. The number of sulfone groups is 1. The third kappa shape index (κ3) is 8.75. The fourth-order valence-electron chi connectivity index (χ4n) is 2.56. The molecule has 1 heterocycles. The summed E-state index contributed by atoms with van der Waals surface area (Å²) in [5.41, 5.74) is 0. The summed E-state index contributed by atoms with van der Waals surface area (Å²) in [5, 5.41) is 0. The van der Waals surface area contributed by atoms with Crippen LogP contribution in [0, 0.1) is 0 Å². The molecule has 118 valence electrons. The van der Waals surface area contributed by atoms with Crippen molar-refractivity contribution in [1.29, 1.82) is 0 Å². The molecule has 0 aromatic carbocycles. The van der Waals surface area contributed by atoms with Gasteiger partial charge in [-0.15, -0.1) is 6.58 Å². The second kappa shape index (κ2) is 10.4. The van der Waals surface area contributed by atoms with Crippen molar-refractivity contribution in [3.05, 3.63) is 12.7 Å². The number of hydrogen-bond acceptors (Lipinski definition) is 3. The lowest BCUT2D eigenvalue weighted by atomic mass is 10.1. The van der Waals surface area contributed by atoms with E-state index in [1.807, 2.05) is 6.08 Å². The van der Waals surface area contributed by atoms with Crippen LogP contribution in [0.4, 0.5) is 0 Å². The first-order valence-electron chi connectivity index (χ1n) is 8.07. The van der Waals surface area contributed by atoms with Gasteiger partial charge in [-0.1, -0.05) is 38.2 Å². The molecule has 0 amide bonds. The Hall–Kier alpha value is -0.350. The molecule has 0 radical (unpaired) electrons. The number of unbranched alkanes of at least 4 members (excludes halogenated alkanes) is 7. The molecular formula is C16H30O3S. The molecule has 1 aliphatic heterocycles. The standard InChI is InChI=1S/C16H30O3S/c1-2-3-4-5-6-7-8-9-10-13-19-16-11-14-20(17,18)15-12-16/h2,16H,1,3-15H2. The average Bonchev–Trinajstić information content (AvgIpc) is 2.42. The van der Waals surface area contributed by atoms with Crippen molar-refractivity contribution in [3.8, 4) is 0 Å². The Balaban J connectivity index is 1.84. The molecule has 0 atom stereocenters. The van der Waals surface area contributed by atoms with E-state index in [1.165, 1.54) is 38.5 Å². The molecule has 4 heteroatoms. The van der Waals surface area contributed by atoms with Gasteiger partial charge in [0.05, 0.1) is 17.6 Å². The first kappa shape index (κ1) is 17.7. The molecule has 0 spiro atoms. The maximum atomic E-state index is 11.3. The van der Waals surface area contributed by atoms with Crippen LogP contribution in [0.15, 0.2) is 12.7 Å². The minimum Gasteiger partial charge on any atom is -0.378 e. The third-order valence-corrected chi connectivity index (χ3v) is 5.62. The molecule has 0 unspecified atom stereocenters. The predicted octanol–water partition coefficient (Wildman–Crippen LogP) is 3.89. The molecule has 0 aliphatic carbocycles. The largest absolute Gasteiger partial charge is 0.378 e. The van der Waals surface area contributed by atoms with E-state index in [-0.39, 0.29) is 6.10 Å². The summed E-state index contributed by atoms with van der Waals surface area (Å²) < 4.78 is 28.3. The van der Waals surface area contributed by atoms with Crippen LogP contribution < -0.4 is 0 Å². The van der Waals surface area contributed by atoms with Crippen LogP contribution in [-0.4, -0.2) is 32.6 Å². The highest BCUT2D eigenvalue weighted by Gasteiger charge is 2.23. The summed E-state index contributed by atoms with van der Waals surface area (Å²) in [7, 11) is -2.75. The molecule has 0 bridgehead atoms. The fourth-order valence-corrected chi connectivity index (χ4v) is 4.01. The van der Waals surface area contributed by atoms with Crippen molar-refractivity contribution in [2.24, 2.45) is 0 Å². The molecular weight excluding hydrogens is 272 g/mol. The Bertz CT molecular complexity index is 335. The van der Waals surface area contributed by atoms with E-state index in [4.69, 9.17) is 4.74 Å². The van der Waals surface area contributed by atoms with E-state index >= 15 is 0 Å². The van der Waals surface area contributed by atoms with Gasteiger partial charge in [-0.2, -0.15) is 0 Å². The van der Waals surface area contributed by atoms with Gasteiger partial charge >= 0.3 is 0 Å². The number of ether oxygens (including phenoxy) is 1. The van der Waals surface area contributed by atoms with Gasteiger partial charge in [-0.05, 0) is 32.1 Å². The zero-order valence-electron chi connectivity index (χ0n) is 12.7. The van der Waals surface area contributed by atoms with Crippen molar-refractivity contribution in [1.82, 2.24) is 0 Å². The summed E-state index contributed by atoms with van der Waals surface area (Å²) in [4.78, 5) is 0. The maximum Gasteiger partial charge on any atom is 0.150 e. The molecule has 0 aromatic rings. The van der Waals surface area contributed by atoms with Crippen molar-refractivity contribution >= 4 is 9.84 Å². The van der Waals surface area contributed by atoms with Crippen LogP contribution in [0.25, 0.3) is 0 Å². The second-order valence-corrected chi connectivity index (χ2v) is 8.08. The van der Waals surface area contributed by atoms with Crippen LogP contribution in [0.3, 0.4) is 0 Å². The molecule has 20 heavy (non-hydrogen) atoms. The Kier molecular flexibility index (Phi) is 9.19. The Labute approximate surface area is 124 Å². The predicted molar refractivity (Wildman–Crippen MR) is 84.8 cm³/mol. The molecule has 0 N–H and O–H groups in total. The van der Waals surface area contributed by atoms with Gasteiger partial charge in [0.25, 0.3) is 0 Å². The quantitative estimate of drug-likeness (QED) is 0.429. The fraction of sp³-hybridized carbons (Fsp3) is 0.875. The van der Waals surface area contributed by atoms with E-state index in [0.29, 0.717) is 24.3 Å². The molecule has 1 rings (SSSR count). The monoisotopic (exact) mass is 302 g/mol. The topological polar surface area (TPSA) is 43.4 Å². The van der Waals surface area contributed by atoms with E-state index < -0.39 is 9.84 Å². The molecule has 1 saturated heterocycles. The van der Waals surface area contributed by atoms with Gasteiger partial charge in [-0.25, -0.2) is 8.42 Å². The lowest BCUT2D eigenvalue weighted by molar-refractivity contribution is 0.0443. The number of rotatable bonds is 11. The van der Waals surface area contributed by atoms with Crippen molar-refractivity contribution in [2.45, 2.75) is 70.3 Å². The molecule has 1 aliphatic rings. The van der Waals surface area contributed by atoms with Gasteiger partial charge in [0, 0.05) is 6.61 Å². The smallest absolute Gasteiger partial charge is 0.150 e. The average molecular weight is 302 g/mol. The summed E-state index contributed by atoms with van der Waals surface area (Å²) in [6.45, 7) is 4.52. The highest BCUT2D eigenvalue weighted by atomic mass is 32.2. The van der Waals surface area contributed by atoms with Gasteiger partial charge in [0.15, 0.2) is 9.84 Å². The van der Waals surface area contributed by atoms with E-state index in [2.05, 4.69) is 6.58 Å². The van der Waals surface area contributed by atoms with Gasteiger partial charge in [0.1, 0.15) is 0 Å². The zero-order valence-corrected chi connectivity index (χ0v) is 13.5. The minimum atomic E-state index is -2.75. The van der Waals surface area contributed by atoms with Crippen molar-refractivity contribution in [3.63, 3.8) is 0 Å². The zero-order chi connectivity index (χ0) is 14.7. The Morgan fingerprint density at radius 2 is 1.50 bits per heavy atom. The number of hydrogen-bond donors (Lipinski definition) is 0. The minimum absolute atomic E-state index is 0.178. The van der Waals surface area contributed by atoms with E-state index in [0.717, 1.165) is 19.4 Å². The Morgan fingerprint density at radius 3 is 2.10 bits per heavy atom. The van der Waals surface area contributed by atoms with Crippen molar-refractivity contribution < 1.29 is 13.2 Å². The Morgan fingerprint density at radius 1 is 0.950 bits per heavy atom. The van der Waals surface area contributed by atoms with Crippen LogP contribution in [-0.2, 0) is 14.6 Å². The van der Waals surface area contributed by atoms with Gasteiger partial charge in [-0.3, -0.25) is 0 Å². The van der Waals surface area contributed by atoms with Crippen LogP contribution >= 0.6 is 0 Å². The number of allylic oxidation sites excluding steroid dienone is 1. The lowest BCUT2D eigenvalue weighted by Gasteiger charge is -2.22. The lowest BCUT2D eigenvalue weighted by Crippen LogP contribution is -2.29. The van der Waals surface area contributed by atoms with Crippen LogP contribution in [0.1, 0.15) is 64.2 Å². The van der Waals surface area contributed by atoms with Gasteiger partial charge < -0.3 is 4.74 Å². The summed E-state index contributed by atoms with van der Waals surface area (Å²) in [6, 6.07) is 0. The van der Waals surface area contributed by atoms with Crippen molar-refractivity contribution in [2.75, 3.05) is 18.1 Å². The van der Waals surface area contributed by atoms with E-state index in [9.17, 15) is 8.42 Å². The summed E-state index contributed by atoms with van der Waals surface area (Å²) >= 11 is 0. The molecule has 0 aromatic heterocycles. The highest BCUT2D eigenvalue weighted by Crippen LogP contribution is 2.16. The normalized spacial score (nSPS) is 19.0. The second-order valence-electron chi connectivity index (χ2n) is 5.77. The summed E-state index contributed by atoms with van der Waals surface area (Å²) in [6.07, 6.45) is 13.6. The van der Waals surface area contributed by atoms with Gasteiger partial charge in [0.2, 0.25) is 0 Å². The molecule has 3 nitrogen and oxygen atoms in total. The summed E-state index contributed by atoms with van der Waals surface area (Å²) in [5.74, 6) is 0.616.